The highest BCUT2D eigenvalue weighted by molar-refractivity contribution is 5.93. The summed E-state index contributed by atoms with van der Waals surface area (Å²) >= 11 is 0. The summed E-state index contributed by atoms with van der Waals surface area (Å²) in [5.41, 5.74) is 1.21. The monoisotopic (exact) mass is 317 g/mol. The smallest absolute Gasteiger partial charge is 0.273 e. The first-order chi connectivity index (χ1) is 11.0. The molecule has 0 radical (unpaired) electrons. The van der Waals surface area contributed by atoms with Gasteiger partial charge in [0.1, 0.15) is 0 Å². The molecular formula is C15H19N5O3. The van der Waals surface area contributed by atoms with E-state index in [0.717, 1.165) is 12.8 Å². The molecule has 0 spiro atoms. The molecule has 0 atom stereocenters. The fourth-order valence-corrected chi connectivity index (χ4v) is 2.27. The number of non-ortho nitro benzene ring substituents is 1. The molecule has 8 heteroatoms. The van der Waals surface area contributed by atoms with Gasteiger partial charge in [-0.25, -0.2) is 4.68 Å². The van der Waals surface area contributed by atoms with E-state index in [-0.39, 0.29) is 23.3 Å². The molecule has 2 aromatic rings. The van der Waals surface area contributed by atoms with Gasteiger partial charge < -0.3 is 5.32 Å². The largest absolute Gasteiger partial charge is 0.348 e. The van der Waals surface area contributed by atoms with Crippen LogP contribution in [0, 0.1) is 17.0 Å². The predicted octanol–water partition coefficient (Wildman–Crippen LogP) is 2.40. The van der Waals surface area contributed by atoms with Crippen LogP contribution in [0.1, 0.15) is 42.9 Å². The summed E-state index contributed by atoms with van der Waals surface area (Å²) in [6.07, 6.45) is 1.67. The summed E-state index contributed by atoms with van der Waals surface area (Å²) in [5, 5.41) is 21.6. The topological polar surface area (TPSA) is 103 Å². The van der Waals surface area contributed by atoms with E-state index < -0.39 is 4.92 Å². The molecule has 0 saturated heterocycles. The molecule has 1 amide bonds. The normalized spacial score (nSPS) is 10.8. The highest BCUT2D eigenvalue weighted by atomic mass is 16.6. The van der Waals surface area contributed by atoms with Gasteiger partial charge >= 0.3 is 0 Å². The van der Waals surface area contributed by atoms with E-state index in [4.69, 9.17) is 0 Å². The Balaban J connectivity index is 2.30. The molecule has 1 N–H and O–H groups in total. The third-order valence-corrected chi connectivity index (χ3v) is 3.72. The molecule has 8 nitrogen and oxygen atoms in total. The Morgan fingerprint density at radius 3 is 2.70 bits per heavy atom. The number of carbonyl (C=O) groups excluding carboxylic acids is 1. The molecule has 0 aliphatic carbocycles. The number of hydrogen-bond donors (Lipinski definition) is 1. The van der Waals surface area contributed by atoms with Crippen molar-refractivity contribution in [2.24, 2.45) is 0 Å². The first-order valence-corrected chi connectivity index (χ1v) is 7.45. The van der Waals surface area contributed by atoms with Gasteiger partial charge in [0.2, 0.25) is 0 Å². The van der Waals surface area contributed by atoms with Crippen molar-refractivity contribution in [2.45, 2.75) is 39.7 Å². The Morgan fingerprint density at radius 2 is 2.09 bits per heavy atom. The molecule has 0 unspecified atom stereocenters. The van der Waals surface area contributed by atoms with E-state index >= 15 is 0 Å². The molecule has 1 aromatic heterocycles. The highest BCUT2D eigenvalue weighted by Crippen LogP contribution is 2.18. The van der Waals surface area contributed by atoms with E-state index in [1.165, 1.54) is 16.8 Å². The molecule has 2 rings (SSSR count). The number of benzene rings is 1. The summed E-state index contributed by atoms with van der Waals surface area (Å²) in [6.45, 7) is 5.71. The summed E-state index contributed by atoms with van der Waals surface area (Å²) in [6, 6.07) is 6.13. The first kappa shape index (κ1) is 16.6. The third-order valence-electron chi connectivity index (χ3n) is 3.72. The maximum atomic E-state index is 12.3. The fourth-order valence-electron chi connectivity index (χ4n) is 2.27. The molecule has 1 aromatic carbocycles. The SMILES string of the molecule is CCC(CC)NC(=O)c1nnn(-c2cccc([N+](=O)[O-])c2)c1C. The van der Waals surface area contributed by atoms with Crippen LogP contribution in [0.2, 0.25) is 0 Å². The van der Waals surface area contributed by atoms with Crippen LogP contribution in [0.25, 0.3) is 5.69 Å². The van der Waals surface area contributed by atoms with Gasteiger partial charge in [-0.05, 0) is 25.8 Å². The zero-order chi connectivity index (χ0) is 17.0. The minimum atomic E-state index is -0.476. The molecule has 0 fully saturated rings. The zero-order valence-electron chi connectivity index (χ0n) is 13.3. The number of nitro groups is 1. The standard InChI is InChI=1S/C15H19N5O3/c1-4-11(5-2)16-15(21)14-10(3)19(18-17-14)12-7-6-8-13(9-12)20(22)23/h6-9,11H,4-5H2,1-3H3,(H,16,21). The summed E-state index contributed by atoms with van der Waals surface area (Å²) in [4.78, 5) is 22.7. The number of nitrogens with zero attached hydrogens (tertiary/aromatic N) is 4. The quantitative estimate of drug-likeness (QED) is 0.651. The fraction of sp³-hybridized carbons (Fsp3) is 0.400. The van der Waals surface area contributed by atoms with Crippen LogP contribution in [0.15, 0.2) is 24.3 Å². The molecule has 0 aliphatic rings. The molecule has 0 bridgehead atoms. The third kappa shape index (κ3) is 3.53. The van der Waals surface area contributed by atoms with Gasteiger partial charge in [-0.15, -0.1) is 5.10 Å². The maximum absolute atomic E-state index is 12.3. The van der Waals surface area contributed by atoms with Crippen molar-refractivity contribution in [3.05, 3.63) is 45.8 Å². The maximum Gasteiger partial charge on any atom is 0.273 e. The Hall–Kier alpha value is -2.77. The lowest BCUT2D eigenvalue weighted by Gasteiger charge is -2.13. The molecular weight excluding hydrogens is 298 g/mol. The van der Waals surface area contributed by atoms with Crippen molar-refractivity contribution in [3.63, 3.8) is 0 Å². The summed E-state index contributed by atoms with van der Waals surface area (Å²) in [7, 11) is 0. The second kappa shape index (κ2) is 6.99. The van der Waals surface area contributed by atoms with Gasteiger partial charge in [-0.2, -0.15) is 0 Å². The summed E-state index contributed by atoms with van der Waals surface area (Å²) < 4.78 is 1.43. The molecule has 122 valence electrons. The van der Waals surface area contributed by atoms with Gasteiger partial charge in [0, 0.05) is 18.2 Å². The van der Waals surface area contributed by atoms with Crippen LogP contribution >= 0.6 is 0 Å². The average molecular weight is 317 g/mol. The number of nitro benzene ring substituents is 1. The molecule has 23 heavy (non-hydrogen) atoms. The highest BCUT2D eigenvalue weighted by Gasteiger charge is 2.20. The predicted molar refractivity (Wildman–Crippen MR) is 84.6 cm³/mol. The van der Waals surface area contributed by atoms with Gasteiger partial charge in [-0.1, -0.05) is 25.1 Å². The second-order valence-electron chi connectivity index (χ2n) is 5.20. The van der Waals surface area contributed by atoms with E-state index in [1.54, 1.807) is 19.1 Å². The lowest BCUT2D eigenvalue weighted by Crippen LogP contribution is -2.34. The number of nitrogens with one attached hydrogen (secondary N) is 1. The van der Waals surface area contributed by atoms with Gasteiger partial charge in [-0.3, -0.25) is 14.9 Å². The van der Waals surface area contributed by atoms with Crippen molar-refractivity contribution in [3.8, 4) is 5.69 Å². The van der Waals surface area contributed by atoms with Gasteiger partial charge in [0.15, 0.2) is 5.69 Å². The number of rotatable bonds is 6. The van der Waals surface area contributed by atoms with Crippen LogP contribution in [-0.2, 0) is 0 Å². The zero-order valence-corrected chi connectivity index (χ0v) is 13.3. The van der Waals surface area contributed by atoms with Crippen LogP contribution in [-0.4, -0.2) is 31.9 Å². The van der Waals surface area contributed by atoms with Crippen LogP contribution in [0.3, 0.4) is 0 Å². The van der Waals surface area contributed by atoms with E-state index in [0.29, 0.717) is 11.4 Å². The Kier molecular flexibility index (Phi) is 5.05. The van der Waals surface area contributed by atoms with Crippen molar-refractivity contribution >= 4 is 11.6 Å². The summed E-state index contributed by atoms with van der Waals surface area (Å²) in [5.74, 6) is -0.284. The Morgan fingerprint density at radius 1 is 1.39 bits per heavy atom. The van der Waals surface area contributed by atoms with E-state index in [2.05, 4.69) is 15.6 Å². The lowest BCUT2D eigenvalue weighted by atomic mass is 10.1. The number of amides is 1. The number of aromatic nitrogens is 3. The number of carbonyl (C=O) groups is 1. The minimum absolute atomic E-state index is 0.0413. The average Bonchev–Trinajstić information content (AvgIpc) is 2.94. The number of hydrogen-bond acceptors (Lipinski definition) is 5. The molecule has 0 saturated carbocycles. The van der Waals surface area contributed by atoms with Crippen LogP contribution in [0.5, 0.6) is 0 Å². The van der Waals surface area contributed by atoms with Crippen molar-refractivity contribution in [1.82, 2.24) is 20.3 Å². The first-order valence-electron chi connectivity index (χ1n) is 7.45. The van der Waals surface area contributed by atoms with Crippen molar-refractivity contribution < 1.29 is 9.72 Å². The van der Waals surface area contributed by atoms with E-state index in [1.807, 2.05) is 13.8 Å². The Labute approximate surface area is 133 Å². The molecule has 0 aliphatic heterocycles. The minimum Gasteiger partial charge on any atom is -0.348 e. The molecule has 1 heterocycles. The van der Waals surface area contributed by atoms with Gasteiger partial charge in [0.25, 0.3) is 11.6 Å². The lowest BCUT2D eigenvalue weighted by molar-refractivity contribution is -0.384. The van der Waals surface area contributed by atoms with Crippen molar-refractivity contribution in [2.75, 3.05) is 0 Å². The Bertz CT molecular complexity index is 722. The second-order valence-corrected chi connectivity index (χ2v) is 5.20. The van der Waals surface area contributed by atoms with E-state index in [9.17, 15) is 14.9 Å². The van der Waals surface area contributed by atoms with Crippen LogP contribution in [0.4, 0.5) is 5.69 Å². The van der Waals surface area contributed by atoms with Gasteiger partial charge in [0.05, 0.1) is 16.3 Å². The van der Waals surface area contributed by atoms with Crippen molar-refractivity contribution in [1.29, 1.82) is 0 Å². The van der Waals surface area contributed by atoms with Crippen LogP contribution < -0.4 is 5.32 Å².